The summed E-state index contributed by atoms with van der Waals surface area (Å²) in [6, 6.07) is 9.04. The van der Waals surface area contributed by atoms with E-state index in [4.69, 9.17) is 9.56 Å². The Hall–Kier alpha value is -0.870. The topological polar surface area (TPSA) is 52.3 Å². The number of carbonyl (C=O) groups excluding carboxylic acids is 1. The Morgan fingerprint density at radius 3 is 2.42 bits per heavy atom. The van der Waals surface area contributed by atoms with Crippen LogP contribution in [-0.2, 0) is 8.62 Å². The first kappa shape index (κ1) is 9.22. The van der Waals surface area contributed by atoms with Crippen LogP contribution in [0.5, 0.6) is 0 Å². The number of benzene rings is 1. The molecule has 0 saturated heterocycles. The van der Waals surface area contributed by atoms with Crippen molar-refractivity contribution in [2.24, 2.45) is 5.73 Å². The SMILES string of the molecule is NC(=O)C(OBr)c1ccccc1. The second-order valence-electron chi connectivity index (χ2n) is 2.28. The largest absolute Gasteiger partial charge is 0.367 e. The molecule has 64 valence electrons. The second kappa shape index (κ2) is 4.23. The van der Waals surface area contributed by atoms with E-state index in [1.165, 1.54) is 0 Å². The molecule has 2 N–H and O–H groups in total. The third kappa shape index (κ3) is 2.06. The molecule has 1 rings (SSSR count). The molecule has 0 spiro atoms. The van der Waals surface area contributed by atoms with Crippen LogP contribution in [0.3, 0.4) is 0 Å². The third-order valence-electron chi connectivity index (χ3n) is 1.45. The zero-order valence-corrected chi connectivity index (χ0v) is 7.82. The third-order valence-corrected chi connectivity index (χ3v) is 1.82. The number of amides is 1. The molecule has 0 saturated carbocycles. The molecule has 3 nitrogen and oxygen atoms in total. The van der Waals surface area contributed by atoms with Gasteiger partial charge in [-0.3, -0.25) is 8.62 Å². The average molecular weight is 230 g/mol. The van der Waals surface area contributed by atoms with Crippen molar-refractivity contribution in [2.45, 2.75) is 6.10 Å². The zero-order chi connectivity index (χ0) is 8.97. The van der Waals surface area contributed by atoms with E-state index in [1.807, 2.05) is 18.2 Å². The molecule has 12 heavy (non-hydrogen) atoms. The van der Waals surface area contributed by atoms with Gasteiger partial charge < -0.3 is 5.73 Å². The highest BCUT2D eigenvalue weighted by atomic mass is 79.9. The molecule has 0 radical (unpaired) electrons. The quantitative estimate of drug-likeness (QED) is 0.856. The lowest BCUT2D eigenvalue weighted by atomic mass is 10.1. The Balaban J connectivity index is 2.88. The minimum Gasteiger partial charge on any atom is -0.367 e. The highest BCUT2D eigenvalue weighted by Gasteiger charge is 2.16. The van der Waals surface area contributed by atoms with E-state index in [9.17, 15) is 4.79 Å². The maximum absolute atomic E-state index is 10.8. The van der Waals surface area contributed by atoms with Crippen molar-refractivity contribution in [3.8, 4) is 0 Å². The van der Waals surface area contributed by atoms with Gasteiger partial charge in [-0.25, -0.2) is 0 Å². The van der Waals surface area contributed by atoms with Gasteiger partial charge in [0.05, 0.1) is 16.3 Å². The van der Waals surface area contributed by atoms with Crippen LogP contribution in [-0.4, -0.2) is 5.91 Å². The van der Waals surface area contributed by atoms with Crippen LogP contribution in [0.2, 0.25) is 0 Å². The zero-order valence-electron chi connectivity index (χ0n) is 6.24. The predicted molar refractivity (Wildman–Crippen MR) is 48.4 cm³/mol. The maximum atomic E-state index is 10.8. The maximum Gasteiger partial charge on any atom is 0.252 e. The molecule has 0 aromatic heterocycles. The van der Waals surface area contributed by atoms with Gasteiger partial charge in [-0.05, 0) is 5.56 Å². The van der Waals surface area contributed by atoms with E-state index in [0.717, 1.165) is 5.56 Å². The van der Waals surface area contributed by atoms with E-state index in [0.29, 0.717) is 0 Å². The van der Waals surface area contributed by atoms with Gasteiger partial charge in [-0.2, -0.15) is 0 Å². The van der Waals surface area contributed by atoms with E-state index in [2.05, 4.69) is 16.3 Å². The van der Waals surface area contributed by atoms with Crippen LogP contribution >= 0.6 is 16.3 Å². The molecule has 0 fully saturated rings. The number of halogens is 1. The summed E-state index contributed by atoms with van der Waals surface area (Å²) in [7, 11) is 0. The number of hydrogen-bond acceptors (Lipinski definition) is 2. The van der Waals surface area contributed by atoms with E-state index >= 15 is 0 Å². The van der Waals surface area contributed by atoms with Crippen molar-refractivity contribution in [2.75, 3.05) is 0 Å². The molecular formula is C8H8BrNO2. The highest BCUT2D eigenvalue weighted by molar-refractivity contribution is 9.06. The first-order valence-corrected chi connectivity index (χ1v) is 4.02. The van der Waals surface area contributed by atoms with Crippen LogP contribution in [0.1, 0.15) is 11.7 Å². The van der Waals surface area contributed by atoms with Crippen molar-refractivity contribution in [3.63, 3.8) is 0 Å². The molecule has 1 aromatic rings. The lowest BCUT2D eigenvalue weighted by Gasteiger charge is -2.08. The summed E-state index contributed by atoms with van der Waals surface area (Å²) in [6.45, 7) is 0. The van der Waals surface area contributed by atoms with Gasteiger partial charge in [-0.15, -0.1) is 0 Å². The lowest BCUT2D eigenvalue weighted by Crippen LogP contribution is -2.21. The normalized spacial score (nSPS) is 12.4. The van der Waals surface area contributed by atoms with Gasteiger partial charge in [0.15, 0.2) is 6.10 Å². The molecule has 1 atom stereocenters. The number of carbonyl (C=O) groups is 1. The number of nitrogens with two attached hydrogens (primary N) is 1. The molecule has 1 aromatic carbocycles. The smallest absolute Gasteiger partial charge is 0.252 e. The standard InChI is InChI=1S/C8H8BrNO2/c9-12-7(8(10)11)6-4-2-1-3-5-6/h1-5,7H,(H2,10,11). The molecule has 1 amide bonds. The molecule has 0 heterocycles. The molecule has 1 unspecified atom stereocenters. The Labute approximate surface area is 79.0 Å². The predicted octanol–water partition coefficient (Wildman–Crippen LogP) is 1.54. The van der Waals surface area contributed by atoms with Gasteiger partial charge in [0.2, 0.25) is 0 Å². The summed E-state index contributed by atoms with van der Waals surface area (Å²) in [5.74, 6) is -0.516. The minimum atomic E-state index is -0.716. The van der Waals surface area contributed by atoms with E-state index < -0.39 is 12.0 Å². The van der Waals surface area contributed by atoms with Crippen LogP contribution in [0.4, 0.5) is 0 Å². The van der Waals surface area contributed by atoms with Crippen LogP contribution in [0, 0.1) is 0 Å². The first-order chi connectivity index (χ1) is 5.75. The number of primary amides is 1. The van der Waals surface area contributed by atoms with Crippen LogP contribution in [0.15, 0.2) is 30.3 Å². The Bertz CT molecular complexity index is 263. The lowest BCUT2D eigenvalue weighted by molar-refractivity contribution is -0.124. The van der Waals surface area contributed by atoms with E-state index in [-0.39, 0.29) is 0 Å². The number of rotatable bonds is 3. The fraction of sp³-hybridized carbons (Fsp3) is 0.125. The second-order valence-corrected chi connectivity index (χ2v) is 2.66. The van der Waals surface area contributed by atoms with Gasteiger partial charge >= 0.3 is 0 Å². The average Bonchev–Trinajstić information content (AvgIpc) is 2.07. The van der Waals surface area contributed by atoms with E-state index in [1.54, 1.807) is 12.1 Å². The summed E-state index contributed by atoms with van der Waals surface area (Å²) >= 11 is 2.75. The van der Waals surface area contributed by atoms with Crippen molar-refractivity contribution in [1.29, 1.82) is 0 Å². The van der Waals surface area contributed by atoms with Crippen molar-refractivity contribution in [1.82, 2.24) is 0 Å². The van der Waals surface area contributed by atoms with Gasteiger partial charge in [0.25, 0.3) is 5.91 Å². The molecule has 4 heteroatoms. The van der Waals surface area contributed by atoms with Crippen molar-refractivity contribution < 1.29 is 8.62 Å². The monoisotopic (exact) mass is 229 g/mol. The number of hydrogen-bond donors (Lipinski definition) is 1. The molecule has 0 aliphatic rings. The Morgan fingerprint density at radius 2 is 2.00 bits per heavy atom. The van der Waals surface area contributed by atoms with Gasteiger partial charge in [-0.1, -0.05) is 30.3 Å². The Morgan fingerprint density at radius 1 is 1.42 bits per heavy atom. The van der Waals surface area contributed by atoms with Gasteiger partial charge in [0, 0.05) is 0 Å². The highest BCUT2D eigenvalue weighted by Crippen LogP contribution is 2.18. The summed E-state index contributed by atoms with van der Waals surface area (Å²) in [6.07, 6.45) is -0.716. The fourth-order valence-corrected chi connectivity index (χ4v) is 1.29. The summed E-state index contributed by atoms with van der Waals surface area (Å²) in [5.41, 5.74) is 5.82. The van der Waals surface area contributed by atoms with Crippen molar-refractivity contribution in [3.05, 3.63) is 35.9 Å². The molecule has 0 aliphatic carbocycles. The van der Waals surface area contributed by atoms with Crippen LogP contribution in [0.25, 0.3) is 0 Å². The Kier molecular flexibility index (Phi) is 3.25. The first-order valence-electron chi connectivity index (χ1n) is 3.37. The summed E-state index contributed by atoms with van der Waals surface area (Å²) < 4.78 is 4.74. The summed E-state index contributed by atoms with van der Waals surface area (Å²) in [5, 5.41) is 0. The van der Waals surface area contributed by atoms with Crippen molar-refractivity contribution >= 4 is 22.2 Å². The summed E-state index contributed by atoms with van der Waals surface area (Å²) in [4.78, 5) is 10.8. The molecular weight excluding hydrogens is 222 g/mol. The molecule has 0 aliphatic heterocycles. The fourth-order valence-electron chi connectivity index (χ4n) is 0.887. The van der Waals surface area contributed by atoms with Crippen LogP contribution < -0.4 is 5.73 Å². The minimum absolute atomic E-state index is 0.516. The molecule has 0 bridgehead atoms. The van der Waals surface area contributed by atoms with Gasteiger partial charge in [0.1, 0.15) is 0 Å².